The number of fused-ring (bicyclic) bond motifs is 2. The van der Waals surface area contributed by atoms with Gasteiger partial charge >= 0.3 is 0 Å². The third-order valence-corrected chi connectivity index (χ3v) is 4.81. The molecule has 0 spiro atoms. The highest BCUT2D eigenvalue weighted by Crippen LogP contribution is 2.31. The summed E-state index contributed by atoms with van der Waals surface area (Å²) in [5.74, 6) is 0.596. The molecule has 4 aromatic rings. The van der Waals surface area contributed by atoms with Crippen LogP contribution in [-0.2, 0) is 6.42 Å². The molecule has 0 fully saturated rings. The molecule has 27 heavy (non-hydrogen) atoms. The average Bonchev–Trinajstić information content (AvgIpc) is 3.31. The molecule has 0 radical (unpaired) electrons. The highest BCUT2D eigenvalue weighted by Gasteiger charge is 2.20. The summed E-state index contributed by atoms with van der Waals surface area (Å²) in [7, 11) is 4.01. The maximum Gasteiger partial charge on any atom is 0.242 e. The van der Waals surface area contributed by atoms with Crippen LogP contribution in [-0.4, -0.2) is 29.8 Å². The van der Waals surface area contributed by atoms with Crippen LogP contribution in [0.2, 0.25) is 0 Å². The summed E-state index contributed by atoms with van der Waals surface area (Å²) in [5, 5.41) is 0. The Morgan fingerprint density at radius 2 is 1.85 bits per heavy atom. The minimum atomic E-state index is 0.596. The lowest BCUT2D eigenvalue weighted by molar-refractivity contribution is 0.589. The predicted molar refractivity (Wildman–Crippen MR) is 108 cm³/mol. The van der Waals surface area contributed by atoms with E-state index in [1.807, 2.05) is 61.7 Å². The number of rotatable bonds is 3. The fourth-order valence-electron chi connectivity index (χ4n) is 3.32. The van der Waals surface area contributed by atoms with Crippen LogP contribution in [0.4, 0.5) is 11.4 Å². The molecule has 5 nitrogen and oxygen atoms in total. The van der Waals surface area contributed by atoms with Gasteiger partial charge < -0.3 is 9.32 Å². The standard InChI is InChI=1S/C22H18N4O/c1-26(2)17-9-16(12-23-13-17)14-7-8-19-21(11-14)27-22(25-19)20-10-15-5-3-4-6-18(15)24-20/h3-9,11-13H,10H2,1-2H3. The lowest BCUT2D eigenvalue weighted by atomic mass is 10.1. The van der Waals surface area contributed by atoms with Gasteiger partial charge in [-0.1, -0.05) is 24.3 Å². The van der Waals surface area contributed by atoms with Gasteiger partial charge in [0.2, 0.25) is 5.89 Å². The van der Waals surface area contributed by atoms with Gasteiger partial charge in [0.05, 0.1) is 17.6 Å². The van der Waals surface area contributed by atoms with Crippen LogP contribution in [0, 0.1) is 0 Å². The second kappa shape index (κ2) is 6.06. The first kappa shape index (κ1) is 15.8. The van der Waals surface area contributed by atoms with E-state index < -0.39 is 0 Å². The second-order valence-corrected chi connectivity index (χ2v) is 6.89. The number of hydrogen-bond donors (Lipinski definition) is 0. The topological polar surface area (TPSA) is 54.5 Å². The minimum Gasteiger partial charge on any atom is -0.435 e. The molecule has 132 valence electrons. The Labute approximate surface area is 157 Å². The zero-order chi connectivity index (χ0) is 18.4. The van der Waals surface area contributed by atoms with Crippen LogP contribution in [0.1, 0.15) is 11.5 Å². The Morgan fingerprint density at radius 1 is 0.963 bits per heavy atom. The van der Waals surface area contributed by atoms with Crippen LogP contribution < -0.4 is 4.90 Å². The zero-order valence-electron chi connectivity index (χ0n) is 15.2. The smallest absolute Gasteiger partial charge is 0.242 e. The summed E-state index contributed by atoms with van der Waals surface area (Å²) in [6.45, 7) is 0. The molecule has 0 aliphatic carbocycles. The Kier molecular flexibility index (Phi) is 3.53. The van der Waals surface area contributed by atoms with Crippen molar-refractivity contribution in [2.45, 2.75) is 6.42 Å². The normalized spacial score (nSPS) is 12.9. The molecule has 0 amide bonds. The van der Waals surface area contributed by atoms with Gasteiger partial charge in [-0.2, -0.15) is 0 Å². The molecular formula is C22H18N4O. The van der Waals surface area contributed by atoms with E-state index in [0.29, 0.717) is 5.89 Å². The van der Waals surface area contributed by atoms with Crippen molar-refractivity contribution in [2.24, 2.45) is 4.99 Å². The first-order valence-corrected chi connectivity index (χ1v) is 8.86. The van der Waals surface area contributed by atoms with Gasteiger partial charge in [0.1, 0.15) is 11.2 Å². The van der Waals surface area contributed by atoms with Gasteiger partial charge in [-0.15, -0.1) is 0 Å². The van der Waals surface area contributed by atoms with E-state index >= 15 is 0 Å². The van der Waals surface area contributed by atoms with Crippen LogP contribution in [0.3, 0.4) is 0 Å². The average molecular weight is 354 g/mol. The summed E-state index contributed by atoms with van der Waals surface area (Å²) in [5.41, 5.74) is 7.85. The molecule has 0 N–H and O–H groups in total. The summed E-state index contributed by atoms with van der Waals surface area (Å²) in [4.78, 5) is 15.7. The fraction of sp³-hybridized carbons (Fsp3) is 0.136. The van der Waals surface area contributed by atoms with Crippen LogP contribution in [0.15, 0.2) is 70.3 Å². The number of aromatic nitrogens is 2. The summed E-state index contributed by atoms with van der Waals surface area (Å²) >= 11 is 0. The molecule has 0 saturated carbocycles. The molecule has 2 aromatic carbocycles. The van der Waals surface area contributed by atoms with E-state index in [0.717, 1.165) is 45.7 Å². The largest absolute Gasteiger partial charge is 0.435 e. The Balaban J connectivity index is 1.52. The van der Waals surface area contributed by atoms with Crippen molar-refractivity contribution < 1.29 is 4.42 Å². The van der Waals surface area contributed by atoms with Crippen molar-refractivity contribution >= 4 is 28.2 Å². The quantitative estimate of drug-likeness (QED) is 0.538. The van der Waals surface area contributed by atoms with Crippen LogP contribution in [0.25, 0.3) is 22.2 Å². The molecule has 0 unspecified atom stereocenters. The van der Waals surface area contributed by atoms with Crippen molar-refractivity contribution in [2.75, 3.05) is 19.0 Å². The molecule has 2 aromatic heterocycles. The van der Waals surface area contributed by atoms with Gasteiger partial charge in [0.25, 0.3) is 0 Å². The molecule has 1 aliphatic heterocycles. The number of nitrogens with zero attached hydrogens (tertiary/aromatic N) is 4. The van der Waals surface area contributed by atoms with E-state index in [2.05, 4.69) is 33.2 Å². The monoisotopic (exact) mass is 354 g/mol. The third-order valence-electron chi connectivity index (χ3n) is 4.81. The van der Waals surface area contributed by atoms with Gasteiger partial charge in [0, 0.05) is 32.3 Å². The fourth-order valence-corrected chi connectivity index (χ4v) is 3.32. The molecule has 5 heteroatoms. The number of aliphatic imine (C=N–C) groups is 1. The van der Waals surface area contributed by atoms with Crippen LogP contribution >= 0.6 is 0 Å². The van der Waals surface area contributed by atoms with Crippen LogP contribution in [0.5, 0.6) is 0 Å². The van der Waals surface area contributed by atoms with Crippen molar-refractivity contribution in [3.8, 4) is 11.1 Å². The van der Waals surface area contributed by atoms with E-state index in [1.54, 1.807) is 0 Å². The van der Waals surface area contributed by atoms with Crippen molar-refractivity contribution in [1.82, 2.24) is 9.97 Å². The third kappa shape index (κ3) is 2.77. The maximum atomic E-state index is 6.05. The van der Waals surface area contributed by atoms with Crippen molar-refractivity contribution in [1.29, 1.82) is 0 Å². The molecule has 0 saturated heterocycles. The number of hydrogen-bond acceptors (Lipinski definition) is 5. The molecular weight excluding hydrogens is 336 g/mol. The molecule has 5 rings (SSSR count). The van der Waals surface area contributed by atoms with E-state index in [-0.39, 0.29) is 0 Å². The SMILES string of the molecule is CN(C)c1cncc(-c2ccc3nc(C4=Nc5ccccc5C4)oc3c2)c1. The highest BCUT2D eigenvalue weighted by atomic mass is 16.3. The highest BCUT2D eigenvalue weighted by molar-refractivity contribution is 6.04. The zero-order valence-corrected chi connectivity index (χ0v) is 15.2. The lowest BCUT2D eigenvalue weighted by Gasteiger charge is -2.12. The number of pyridine rings is 1. The van der Waals surface area contributed by atoms with E-state index in [4.69, 9.17) is 4.42 Å². The number of oxazole rings is 1. The van der Waals surface area contributed by atoms with Gasteiger partial charge in [-0.3, -0.25) is 4.98 Å². The Morgan fingerprint density at radius 3 is 2.70 bits per heavy atom. The molecule has 3 heterocycles. The molecule has 0 bridgehead atoms. The van der Waals surface area contributed by atoms with Gasteiger partial charge in [0.15, 0.2) is 5.58 Å². The predicted octanol–water partition coefficient (Wildman–Crippen LogP) is 4.63. The van der Waals surface area contributed by atoms with E-state index in [9.17, 15) is 0 Å². The van der Waals surface area contributed by atoms with E-state index in [1.165, 1.54) is 5.56 Å². The van der Waals surface area contributed by atoms with Crippen molar-refractivity contribution in [3.05, 3.63) is 72.4 Å². The first-order chi connectivity index (χ1) is 13.2. The first-order valence-electron chi connectivity index (χ1n) is 8.86. The lowest BCUT2D eigenvalue weighted by Crippen LogP contribution is -2.08. The molecule has 0 atom stereocenters. The summed E-state index contributed by atoms with van der Waals surface area (Å²) in [6.07, 6.45) is 4.47. The van der Waals surface area contributed by atoms with Gasteiger partial charge in [-0.05, 0) is 35.4 Å². The molecule has 1 aliphatic rings. The van der Waals surface area contributed by atoms with Crippen molar-refractivity contribution in [3.63, 3.8) is 0 Å². The maximum absolute atomic E-state index is 6.05. The Hall–Kier alpha value is -3.47. The number of anilines is 1. The summed E-state index contributed by atoms with van der Waals surface area (Å²) in [6, 6.07) is 16.3. The minimum absolute atomic E-state index is 0.596. The second-order valence-electron chi connectivity index (χ2n) is 6.89. The Bertz CT molecular complexity index is 1190. The van der Waals surface area contributed by atoms with Gasteiger partial charge in [-0.25, -0.2) is 9.98 Å². The number of benzene rings is 2. The number of para-hydroxylation sites is 1. The summed E-state index contributed by atoms with van der Waals surface area (Å²) < 4.78 is 6.05.